The van der Waals surface area contributed by atoms with Gasteiger partial charge in [-0.3, -0.25) is 14.3 Å². The third kappa shape index (κ3) is 6.22. The molecule has 3 aromatic carbocycles. The summed E-state index contributed by atoms with van der Waals surface area (Å²) in [6.07, 6.45) is 0. The smallest absolute Gasteiger partial charge is 0.261 e. The summed E-state index contributed by atoms with van der Waals surface area (Å²) >= 11 is 5.80. The maximum absolute atomic E-state index is 12.7. The van der Waals surface area contributed by atoms with Gasteiger partial charge < -0.3 is 15.4 Å². The van der Waals surface area contributed by atoms with Gasteiger partial charge in [0, 0.05) is 22.0 Å². The average molecular weight is 474 g/mol. The second-order valence-corrected chi connectivity index (χ2v) is 8.72. The minimum absolute atomic E-state index is 0.0911. The molecule has 3 aromatic rings. The number of anilines is 2. The molecule has 0 spiro atoms. The number of methoxy groups -OCH3 is 1. The highest BCUT2D eigenvalue weighted by Crippen LogP contribution is 2.20. The number of nitrogens with one attached hydrogen (secondary N) is 3. The molecule has 0 aromatic heterocycles. The van der Waals surface area contributed by atoms with Crippen molar-refractivity contribution < 1.29 is 22.7 Å². The van der Waals surface area contributed by atoms with E-state index in [1.165, 1.54) is 31.4 Å². The van der Waals surface area contributed by atoms with E-state index in [4.69, 9.17) is 16.3 Å². The van der Waals surface area contributed by atoms with E-state index >= 15 is 0 Å². The van der Waals surface area contributed by atoms with Crippen LogP contribution in [0.25, 0.3) is 0 Å². The molecule has 10 heteroatoms. The number of halogens is 1. The lowest BCUT2D eigenvalue weighted by molar-refractivity contribution is -0.115. The Hall–Kier alpha value is -3.56. The summed E-state index contributed by atoms with van der Waals surface area (Å²) in [6.45, 7) is -0.289. The highest BCUT2D eigenvalue weighted by Gasteiger charge is 2.17. The number of rotatable bonds is 8. The number of sulfonamides is 1. The first-order chi connectivity index (χ1) is 15.3. The van der Waals surface area contributed by atoms with Crippen LogP contribution < -0.4 is 20.1 Å². The van der Waals surface area contributed by atoms with E-state index in [2.05, 4.69) is 15.4 Å². The molecule has 3 N–H and O–H groups in total. The van der Waals surface area contributed by atoms with Gasteiger partial charge >= 0.3 is 0 Å². The van der Waals surface area contributed by atoms with Crippen LogP contribution >= 0.6 is 11.6 Å². The van der Waals surface area contributed by atoms with Crippen LogP contribution in [-0.4, -0.2) is 33.9 Å². The van der Waals surface area contributed by atoms with E-state index in [0.717, 1.165) is 0 Å². The second-order valence-electron chi connectivity index (χ2n) is 6.60. The summed E-state index contributed by atoms with van der Waals surface area (Å²) in [5, 5.41) is 5.62. The van der Waals surface area contributed by atoms with Crippen LogP contribution in [0, 0.1) is 0 Å². The van der Waals surface area contributed by atoms with E-state index in [1.54, 1.807) is 48.5 Å². The quantitative estimate of drug-likeness (QED) is 0.463. The summed E-state index contributed by atoms with van der Waals surface area (Å²) in [6, 6.07) is 18.4. The third-order valence-corrected chi connectivity index (χ3v) is 5.92. The molecule has 0 radical (unpaired) electrons. The van der Waals surface area contributed by atoms with Crippen molar-refractivity contribution in [1.82, 2.24) is 5.32 Å². The maximum Gasteiger partial charge on any atom is 0.261 e. The molecule has 166 valence electrons. The highest BCUT2D eigenvalue weighted by atomic mass is 35.5. The first-order valence-corrected chi connectivity index (χ1v) is 11.2. The number of ether oxygens (including phenoxy) is 1. The minimum atomic E-state index is -3.93. The zero-order valence-electron chi connectivity index (χ0n) is 17.0. The lowest BCUT2D eigenvalue weighted by Gasteiger charge is -2.10. The molecule has 0 heterocycles. The van der Waals surface area contributed by atoms with E-state index < -0.39 is 21.8 Å². The van der Waals surface area contributed by atoms with Crippen LogP contribution in [0.1, 0.15) is 10.4 Å². The van der Waals surface area contributed by atoms with Gasteiger partial charge in [0.25, 0.3) is 15.9 Å². The molecule has 0 aliphatic rings. The maximum atomic E-state index is 12.7. The molecular weight excluding hydrogens is 454 g/mol. The van der Waals surface area contributed by atoms with E-state index in [1.807, 2.05) is 0 Å². The summed E-state index contributed by atoms with van der Waals surface area (Å²) < 4.78 is 32.8. The van der Waals surface area contributed by atoms with Crippen molar-refractivity contribution in [3.63, 3.8) is 0 Å². The Bertz CT molecular complexity index is 1210. The number of hydrogen-bond donors (Lipinski definition) is 3. The molecule has 3 rings (SSSR count). The summed E-state index contributed by atoms with van der Waals surface area (Å²) in [5.41, 5.74) is 0.979. The zero-order chi connectivity index (χ0) is 23.1. The van der Waals surface area contributed by atoms with Crippen LogP contribution in [0.3, 0.4) is 0 Å². The van der Waals surface area contributed by atoms with Crippen molar-refractivity contribution in [1.29, 1.82) is 0 Å². The van der Waals surface area contributed by atoms with Crippen LogP contribution in [0.15, 0.2) is 77.7 Å². The van der Waals surface area contributed by atoms with Gasteiger partial charge in [-0.2, -0.15) is 0 Å². The number of hydrogen-bond acceptors (Lipinski definition) is 5. The number of benzene rings is 3. The fourth-order valence-corrected chi connectivity index (χ4v) is 3.91. The molecule has 0 atom stereocenters. The van der Waals surface area contributed by atoms with Crippen molar-refractivity contribution in [2.45, 2.75) is 4.90 Å². The van der Waals surface area contributed by atoms with Crippen molar-refractivity contribution in [3.05, 3.63) is 83.4 Å². The van der Waals surface area contributed by atoms with Crippen molar-refractivity contribution in [2.24, 2.45) is 0 Å². The minimum Gasteiger partial charge on any atom is -0.497 e. The largest absolute Gasteiger partial charge is 0.497 e. The summed E-state index contributed by atoms with van der Waals surface area (Å²) in [7, 11) is -2.41. The third-order valence-electron chi connectivity index (χ3n) is 4.29. The molecule has 0 saturated heterocycles. The summed E-state index contributed by atoms with van der Waals surface area (Å²) in [5.74, 6) is -0.435. The molecule has 8 nitrogen and oxygen atoms in total. The zero-order valence-corrected chi connectivity index (χ0v) is 18.5. The molecule has 32 heavy (non-hydrogen) atoms. The Morgan fingerprint density at radius 2 is 1.59 bits per heavy atom. The van der Waals surface area contributed by atoms with Gasteiger partial charge in [-0.05, 0) is 66.7 Å². The molecule has 0 bridgehead atoms. The lowest BCUT2D eigenvalue weighted by atomic mass is 10.2. The molecule has 0 aliphatic carbocycles. The Kier molecular flexibility index (Phi) is 7.34. The van der Waals surface area contributed by atoms with Gasteiger partial charge in [-0.25, -0.2) is 8.42 Å². The highest BCUT2D eigenvalue weighted by molar-refractivity contribution is 7.92. The monoisotopic (exact) mass is 473 g/mol. The Balaban J connectivity index is 1.62. The Morgan fingerprint density at radius 3 is 2.25 bits per heavy atom. The first kappa shape index (κ1) is 23.1. The predicted octanol–water partition coefficient (Wildman–Crippen LogP) is 3.52. The fraction of sp³-hybridized carbons (Fsp3) is 0.0909. The van der Waals surface area contributed by atoms with Crippen molar-refractivity contribution in [3.8, 4) is 5.75 Å². The van der Waals surface area contributed by atoms with Gasteiger partial charge in [0.05, 0.1) is 18.6 Å². The topological polar surface area (TPSA) is 114 Å². The van der Waals surface area contributed by atoms with Crippen molar-refractivity contribution >= 4 is 44.8 Å². The SMILES string of the molecule is COc1ccc(NS(=O)(=O)c2cccc(C(=O)NCC(=O)Nc3ccc(Cl)cc3)c2)cc1. The first-order valence-electron chi connectivity index (χ1n) is 9.37. The second kappa shape index (κ2) is 10.2. The predicted molar refractivity (Wildman–Crippen MR) is 123 cm³/mol. The van der Waals surface area contributed by atoms with Gasteiger partial charge in [0.2, 0.25) is 5.91 Å². The van der Waals surface area contributed by atoms with E-state index in [9.17, 15) is 18.0 Å². The van der Waals surface area contributed by atoms with Crippen molar-refractivity contribution in [2.75, 3.05) is 23.7 Å². The molecule has 0 unspecified atom stereocenters. The molecule has 2 amide bonds. The molecule has 0 fully saturated rings. The van der Waals surface area contributed by atoms with Gasteiger partial charge in [0.15, 0.2) is 0 Å². The Morgan fingerprint density at radius 1 is 0.938 bits per heavy atom. The van der Waals surface area contributed by atoms with Crippen LogP contribution in [0.4, 0.5) is 11.4 Å². The fourth-order valence-electron chi connectivity index (χ4n) is 2.68. The van der Waals surface area contributed by atoms with E-state index in [-0.39, 0.29) is 17.0 Å². The van der Waals surface area contributed by atoms with Gasteiger partial charge in [-0.15, -0.1) is 0 Å². The normalized spacial score (nSPS) is 10.8. The van der Waals surface area contributed by atoms with Gasteiger partial charge in [-0.1, -0.05) is 17.7 Å². The van der Waals surface area contributed by atoms with Crippen LogP contribution in [0.5, 0.6) is 5.75 Å². The molecule has 0 aliphatic heterocycles. The number of amides is 2. The molecular formula is C22H20ClN3O5S. The van der Waals surface area contributed by atoms with Crippen LogP contribution in [-0.2, 0) is 14.8 Å². The average Bonchev–Trinajstić information content (AvgIpc) is 2.79. The Labute approximate surface area is 190 Å². The van der Waals surface area contributed by atoms with Gasteiger partial charge in [0.1, 0.15) is 5.75 Å². The summed E-state index contributed by atoms with van der Waals surface area (Å²) in [4.78, 5) is 24.4. The van der Waals surface area contributed by atoms with E-state index in [0.29, 0.717) is 22.1 Å². The molecule has 0 saturated carbocycles. The number of carbonyl (C=O) groups is 2. The lowest BCUT2D eigenvalue weighted by Crippen LogP contribution is -2.33. The number of carbonyl (C=O) groups excluding carboxylic acids is 2. The standard InChI is InChI=1S/C22H20ClN3O5S/c1-31-19-11-9-18(10-12-19)26-32(29,30)20-4-2-3-15(13-20)22(28)24-14-21(27)25-17-7-5-16(23)6-8-17/h2-13,26H,14H2,1H3,(H,24,28)(H,25,27). The van der Waals surface area contributed by atoms with Crippen LogP contribution in [0.2, 0.25) is 5.02 Å².